The summed E-state index contributed by atoms with van der Waals surface area (Å²) in [5.74, 6) is -2.08. The molecular weight excluding hydrogens is 418 g/mol. The van der Waals surface area contributed by atoms with Crippen LogP contribution >= 0.6 is 0 Å². The Morgan fingerprint density at radius 2 is 1.90 bits per heavy atom. The number of methoxy groups -OCH3 is 1. The molecule has 0 aliphatic heterocycles. The average molecular weight is 438 g/mol. The second-order valence-electron chi connectivity index (χ2n) is 6.10. The molecular formula is C17H20F2N8O4. The van der Waals surface area contributed by atoms with Gasteiger partial charge in [-0.3, -0.25) is 0 Å². The van der Waals surface area contributed by atoms with Crippen LogP contribution in [0.5, 0.6) is 5.75 Å². The number of nitrogens with two attached hydrogens (primary N) is 1. The van der Waals surface area contributed by atoms with Gasteiger partial charge in [0.2, 0.25) is 5.95 Å². The maximum Gasteiger partial charge on any atom is 0.368 e. The topological polar surface area (TPSA) is 144 Å². The molecule has 2 heterocycles. The molecule has 14 heteroatoms. The molecule has 166 valence electrons. The highest BCUT2D eigenvalue weighted by molar-refractivity contribution is 5.63. The molecule has 0 saturated heterocycles. The Labute approximate surface area is 174 Å². The molecule has 3 rings (SSSR count). The number of hydrogen-bond donors (Lipinski definition) is 2. The van der Waals surface area contributed by atoms with Gasteiger partial charge in [0.05, 0.1) is 31.7 Å². The van der Waals surface area contributed by atoms with Crippen LogP contribution in [0.3, 0.4) is 0 Å². The number of rotatable bonds is 10. The Morgan fingerprint density at radius 1 is 1.13 bits per heavy atom. The first-order valence-corrected chi connectivity index (χ1v) is 8.98. The number of halogens is 2. The van der Waals surface area contributed by atoms with Gasteiger partial charge < -0.3 is 25.3 Å². The number of nitrogens with one attached hydrogen (secondary N) is 1. The van der Waals surface area contributed by atoms with Gasteiger partial charge in [0.15, 0.2) is 17.5 Å². The van der Waals surface area contributed by atoms with E-state index in [0.29, 0.717) is 13.2 Å². The lowest BCUT2D eigenvalue weighted by Crippen LogP contribution is -2.23. The molecule has 0 fully saturated rings. The van der Waals surface area contributed by atoms with E-state index in [9.17, 15) is 13.6 Å². The Balaban J connectivity index is 1.89. The average Bonchev–Trinajstić information content (AvgIpc) is 3.07. The summed E-state index contributed by atoms with van der Waals surface area (Å²) in [7, 11) is 2.96. The molecule has 0 unspecified atom stereocenters. The molecule has 31 heavy (non-hydrogen) atoms. The van der Waals surface area contributed by atoms with Gasteiger partial charge in [0.25, 0.3) is 0 Å². The number of aromatic nitrogens is 6. The highest BCUT2D eigenvalue weighted by atomic mass is 19.1. The molecule has 12 nitrogen and oxygen atoms in total. The fraction of sp³-hybridized carbons (Fsp3) is 0.353. The standard InChI is InChI=1S/C17H20F2N8O4/c1-26-17(28)27(25-24-26)13-8-12(22-16-21-9-11(19)15(20)23-16)10(18)7-14(13)31-6-5-30-4-3-29-2/h7-9H,3-6H2,1-2H3,(H3,20,21,22,23). The predicted molar refractivity (Wildman–Crippen MR) is 104 cm³/mol. The summed E-state index contributed by atoms with van der Waals surface area (Å²) in [5.41, 5.74) is 4.81. The molecule has 0 radical (unpaired) electrons. The lowest BCUT2D eigenvalue weighted by Gasteiger charge is -2.14. The van der Waals surface area contributed by atoms with E-state index in [1.165, 1.54) is 13.1 Å². The Kier molecular flexibility index (Phi) is 7.04. The van der Waals surface area contributed by atoms with Crippen LogP contribution in [0, 0.1) is 11.6 Å². The van der Waals surface area contributed by atoms with Gasteiger partial charge in [-0.2, -0.15) is 14.3 Å². The number of benzene rings is 1. The Hall–Kier alpha value is -3.65. The quantitative estimate of drug-likeness (QED) is 0.427. The van der Waals surface area contributed by atoms with Crippen molar-refractivity contribution < 1.29 is 23.0 Å². The van der Waals surface area contributed by atoms with E-state index in [2.05, 4.69) is 25.7 Å². The SMILES string of the molecule is COCCOCCOc1cc(F)c(Nc2ncc(F)c(N)n2)cc1-n1nnn(C)c1=O. The van der Waals surface area contributed by atoms with Crippen molar-refractivity contribution in [1.29, 1.82) is 0 Å². The van der Waals surface area contributed by atoms with Gasteiger partial charge in [-0.05, 0) is 16.5 Å². The van der Waals surface area contributed by atoms with E-state index in [0.717, 1.165) is 21.6 Å². The van der Waals surface area contributed by atoms with Crippen LogP contribution in [0.15, 0.2) is 23.1 Å². The van der Waals surface area contributed by atoms with Crippen molar-refractivity contribution >= 4 is 17.5 Å². The van der Waals surface area contributed by atoms with E-state index in [4.69, 9.17) is 19.9 Å². The summed E-state index contributed by atoms with van der Waals surface area (Å²) in [6.45, 7) is 1.08. The van der Waals surface area contributed by atoms with E-state index < -0.39 is 23.1 Å². The van der Waals surface area contributed by atoms with Gasteiger partial charge in [0.1, 0.15) is 18.0 Å². The van der Waals surface area contributed by atoms with Crippen LogP contribution in [0.4, 0.5) is 26.2 Å². The zero-order valence-corrected chi connectivity index (χ0v) is 16.7. The molecule has 0 amide bonds. The molecule has 2 aromatic heterocycles. The van der Waals surface area contributed by atoms with Gasteiger partial charge in [-0.15, -0.1) is 0 Å². The first-order chi connectivity index (χ1) is 14.9. The number of aryl methyl sites for hydroxylation is 1. The van der Waals surface area contributed by atoms with Crippen molar-refractivity contribution in [3.05, 3.63) is 40.4 Å². The highest BCUT2D eigenvalue weighted by Crippen LogP contribution is 2.30. The molecule has 1 aromatic carbocycles. The number of nitrogens with zero attached hydrogens (tertiary/aromatic N) is 6. The summed E-state index contributed by atoms with van der Waals surface area (Å²) in [6, 6.07) is 2.32. The van der Waals surface area contributed by atoms with Crippen LogP contribution in [-0.2, 0) is 16.5 Å². The normalized spacial score (nSPS) is 11.0. The third-order valence-electron chi connectivity index (χ3n) is 3.93. The lowest BCUT2D eigenvalue weighted by atomic mass is 10.2. The molecule has 0 spiro atoms. The van der Waals surface area contributed by atoms with Gasteiger partial charge in [-0.25, -0.2) is 18.6 Å². The number of hydrogen-bond acceptors (Lipinski definition) is 10. The van der Waals surface area contributed by atoms with E-state index in [1.54, 1.807) is 7.11 Å². The fourth-order valence-corrected chi connectivity index (χ4v) is 2.40. The van der Waals surface area contributed by atoms with E-state index in [1.807, 2.05) is 0 Å². The van der Waals surface area contributed by atoms with Crippen molar-refractivity contribution in [2.45, 2.75) is 0 Å². The summed E-state index contributed by atoms with van der Waals surface area (Å²) < 4.78 is 45.7. The number of ether oxygens (including phenoxy) is 3. The number of tetrazole rings is 1. The van der Waals surface area contributed by atoms with E-state index >= 15 is 0 Å². The van der Waals surface area contributed by atoms with Gasteiger partial charge in [-0.1, -0.05) is 0 Å². The zero-order valence-electron chi connectivity index (χ0n) is 16.7. The maximum atomic E-state index is 14.7. The highest BCUT2D eigenvalue weighted by Gasteiger charge is 2.18. The smallest absolute Gasteiger partial charge is 0.368 e. The minimum absolute atomic E-state index is 0.0283. The zero-order chi connectivity index (χ0) is 22.4. The van der Waals surface area contributed by atoms with Gasteiger partial charge >= 0.3 is 5.69 Å². The number of nitrogen functional groups attached to an aromatic ring is 1. The van der Waals surface area contributed by atoms with Crippen LogP contribution in [-0.4, -0.2) is 63.3 Å². The summed E-state index contributed by atoms with van der Waals surface area (Å²) in [5, 5.41) is 9.99. The molecule has 0 bridgehead atoms. The second kappa shape index (κ2) is 9.90. The van der Waals surface area contributed by atoms with Gasteiger partial charge in [0, 0.05) is 20.2 Å². The molecule has 0 aliphatic rings. The third kappa shape index (κ3) is 5.29. The Bertz CT molecular complexity index is 1100. The molecule has 3 N–H and O–H groups in total. The van der Waals surface area contributed by atoms with Crippen LogP contribution in [0.2, 0.25) is 0 Å². The van der Waals surface area contributed by atoms with Crippen LogP contribution in [0.1, 0.15) is 0 Å². The van der Waals surface area contributed by atoms with Crippen LogP contribution < -0.4 is 21.5 Å². The maximum absolute atomic E-state index is 14.7. The van der Waals surface area contributed by atoms with Crippen molar-refractivity contribution in [3.8, 4) is 11.4 Å². The second-order valence-corrected chi connectivity index (χ2v) is 6.10. The minimum atomic E-state index is -0.811. The molecule has 0 atom stereocenters. The largest absolute Gasteiger partial charge is 0.489 e. The first-order valence-electron chi connectivity index (χ1n) is 8.98. The summed E-state index contributed by atoms with van der Waals surface area (Å²) >= 11 is 0. The van der Waals surface area contributed by atoms with Crippen molar-refractivity contribution in [2.24, 2.45) is 7.05 Å². The molecule has 0 saturated carbocycles. The fourth-order valence-electron chi connectivity index (χ4n) is 2.40. The molecule has 3 aromatic rings. The first kappa shape index (κ1) is 22.0. The number of anilines is 3. The monoisotopic (exact) mass is 438 g/mol. The third-order valence-corrected chi connectivity index (χ3v) is 3.93. The van der Waals surface area contributed by atoms with Crippen molar-refractivity contribution in [1.82, 2.24) is 29.8 Å². The van der Waals surface area contributed by atoms with E-state index in [-0.39, 0.29) is 36.3 Å². The molecule has 0 aliphatic carbocycles. The predicted octanol–water partition coefficient (Wildman–Crippen LogP) is 0.402. The van der Waals surface area contributed by atoms with Crippen molar-refractivity contribution in [3.63, 3.8) is 0 Å². The Morgan fingerprint density at radius 3 is 2.58 bits per heavy atom. The summed E-state index contributed by atoms with van der Waals surface area (Å²) in [4.78, 5) is 19.7. The lowest BCUT2D eigenvalue weighted by molar-refractivity contribution is 0.0543. The summed E-state index contributed by atoms with van der Waals surface area (Å²) in [6.07, 6.45) is 0.845. The van der Waals surface area contributed by atoms with Crippen LogP contribution in [0.25, 0.3) is 5.69 Å². The van der Waals surface area contributed by atoms with Crippen molar-refractivity contribution in [2.75, 3.05) is 44.6 Å². The minimum Gasteiger partial charge on any atom is -0.489 e.